The van der Waals surface area contributed by atoms with Gasteiger partial charge in [0.05, 0.1) is 17.8 Å². The number of hydrogen-bond acceptors (Lipinski definition) is 3. The van der Waals surface area contributed by atoms with Gasteiger partial charge in [-0.1, -0.05) is 18.5 Å². The summed E-state index contributed by atoms with van der Waals surface area (Å²) in [6, 6.07) is 3.23. The van der Waals surface area contributed by atoms with Crippen LogP contribution in [-0.2, 0) is 15.8 Å². The first-order valence-electron chi connectivity index (χ1n) is 8.37. The molecule has 1 aliphatic heterocycles. The van der Waals surface area contributed by atoms with Gasteiger partial charge in [0, 0.05) is 37.6 Å². The summed E-state index contributed by atoms with van der Waals surface area (Å²) in [5.74, 6) is -0.472. The molecule has 0 unspecified atom stereocenters. The Balaban J connectivity index is 1.98. The van der Waals surface area contributed by atoms with E-state index in [1.165, 1.54) is 6.07 Å². The molecule has 2 amide bonds. The fourth-order valence-corrected chi connectivity index (χ4v) is 3.03. The second-order valence-corrected chi connectivity index (χ2v) is 6.54. The van der Waals surface area contributed by atoms with Crippen molar-refractivity contribution in [1.82, 2.24) is 9.80 Å². The minimum absolute atomic E-state index is 0.0337. The Kier molecular flexibility index (Phi) is 6.88. The molecule has 0 spiro atoms. The lowest BCUT2D eigenvalue weighted by Crippen LogP contribution is -2.38. The van der Waals surface area contributed by atoms with E-state index in [1.54, 1.807) is 11.8 Å². The van der Waals surface area contributed by atoms with Crippen LogP contribution in [-0.4, -0.2) is 54.3 Å². The zero-order chi connectivity index (χ0) is 19.3. The molecule has 1 aromatic rings. The van der Waals surface area contributed by atoms with Crippen LogP contribution in [0.15, 0.2) is 18.2 Å². The zero-order valence-corrected chi connectivity index (χ0v) is 15.2. The molecule has 0 saturated carbocycles. The second-order valence-electron chi connectivity index (χ2n) is 6.10. The summed E-state index contributed by atoms with van der Waals surface area (Å²) in [5.41, 5.74) is -1.29. The van der Waals surface area contributed by atoms with Crippen LogP contribution >= 0.6 is 11.6 Å². The quantitative estimate of drug-likeness (QED) is 0.857. The molecular weight excluding hydrogens is 371 g/mol. The summed E-state index contributed by atoms with van der Waals surface area (Å²) < 4.78 is 39.3. The van der Waals surface area contributed by atoms with Crippen molar-refractivity contribution in [3.8, 4) is 0 Å². The fraction of sp³-hybridized carbons (Fsp3) is 0.529. The molecule has 0 bridgehead atoms. The predicted octanol–water partition coefficient (Wildman–Crippen LogP) is 3.24. The van der Waals surface area contributed by atoms with Crippen molar-refractivity contribution in [3.05, 3.63) is 28.8 Å². The van der Waals surface area contributed by atoms with Crippen molar-refractivity contribution < 1.29 is 22.8 Å². The third-order valence-electron chi connectivity index (χ3n) is 4.17. The van der Waals surface area contributed by atoms with Crippen LogP contribution in [0.2, 0.25) is 5.02 Å². The molecular formula is C17H21ClF3N3O2. The van der Waals surface area contributed by atoms with Gasteiger partial charge in [-0.05, 0) is 24.6 Å². The van der Waals surface area contributed by atoms with Gasteiger partial charge in [-0.2, -0.15) is 13.2 Å². The maximum absolute atomic E-state index is 13.1. The van der Waals surface area contributed by atoms with E-state index in [2.05, 4.69) is 5.32 Å². The number of hydrogen-bond donors (Lipinski definition) is 1. The molecule has 0 atom stereocenters. The molecule has 0 aliphatic carbocycles. The number of carbonyl (C=O) groups excluding carboxylic acids is 2. The Labute approximate surface area is 155 Å². The Morgan fingerprint density at radius 2 is 1.92 bits per heavy atom. The molecule has 2 rings (SSSR count). The average molecular weight is 392 g/mol. The molecule has 1 N–H and O–H groups in total. The van der Waals surface area contributed by atoms with Crippen LogP contribution in [0.5, 0.6) is 0 Å². The van der Waals surface area contributed by atoms with E-state index >= 15 is 0 Å². The standard InChI is InChI=1S/C17H21ClF3N3O2/c1-2-16(26)24-7-3-6-23(8-9-24)11-15(25)22-14-5-4-12(18)10-13(14)17(19,20)21/h4-5,10H,2-3,6-9,11H2,1H3,(H,22,25). The number of nitrogens with one attached hydrogen (secondary N) is 1. The summed E-state index contributed by atoms with van der Waals surface area (Å²) in [6.07, 6.45) is -3.47. The summed E-state index contributed by atoms with van der Waals surface area (Å²) in [7, 11) is 0. The molecule has 0 radical (unpaired) electrons. The highest BCUT2D eigenvalue weighted by atomic mass is 35.5. The van der Waals surface area contributed by atoms with Crippen molar-refractivity contribution in [3.63, 3.8) is 0 Å². The molecule has 1 saturated heterocycles. The third-order valence-corrected chi connectivity index (χ3v) is 4.41. The average Bonchev–Trinajstić information content (AvgIpc) is 2.80. The molecule has 1 fully saturated rings. The Hall–Kier alpha value is -1.80. The summed E-state index contributed by atoms with van der Waals surface area (Å²) in [6.45, 7) is 4.01. The minimum atomic E-state index is -4.61. The SMILES string of the molecule is CCC(=O)N1CCCN(CC(=O)Nc2ccc(Cl)cc2C(F)(F)F)CC1. The van der Waals surface area contributed by atoms with E-state index in [0.29, 0.717) is 39.0 Å². The Morgan fingerprint density at radius 3 is 2.58 bits per heavy atom. The summed E-state index contributed by atoms with van der Waals surface area (Å²) >= 11 is 5.63. The number of anilines is 1. The zero-order valence-electron chi connectivity index (χ0n) is 14.4. The van der Waals surface area contributed by atoms with Gasteiger partial charge < -0.3 is 10.2 Å². The number of rotatable bonds is 4. The molecule has 1 aromatic carbocycles. The molecule has 1 aliphatic rings. The maximum Gasteiger partial charge on any atom is 0.418 e. The summed E-state index contributed by atoms with van der Waals surface area (Å²) in [5, 5.41) is 2.27. The van der Waals surface area contributed by atoms with Crippen LogP contribution in [0.3, 0.4) is 0 Å². The predicted molar refractivity (Wildman–Crippen MR) is 93.0 cm³/mol. The number of carbonyl (C=O) groups is 2. The van der Waals surface area contributed by atoms with Gasteiger partial charge in [0.25, 0.3) is 0 Å². The van der Waals surface area contributed by atoms with Crippen molar-refractivity contribution in [2.45, 2.75) is 25.9 Å². The van der Waals surface area contributed by atoms with Crippen molar-refractivity contribution in [2.24, 2.45) is 0 Å². The highest BCUT2D eigenvalue weighted by molar-refractivity contribution is 6.30. The van der Waals surface area contributed by atoms with Crippen LogP contribution in [0.1, 0.15) is 25.3 Å². The van der Waals surface area contributed by atoms with E-state index in [9.17, 15) is 22.8 Å². The van der Waals surface area contributed by atoms with E-state index in [0.717, 1.165) is 12.1 Å². The monoisotopic (exact) mass is 391 g/mol. The molecule has 9 heteroatoms. The lowest BCUT2D eigenvalue weighted by Gasteiger charge is -2.21. The maximum atomic E-state index is 13.1. The topological polar surface area (TPSA) is 52.7 Å². The van der Waals surface area contributed by atoms with Gasteiger partial charge in [-0.3, -0.25) is 14.5 Å². The van der Waals surface area contributed by atoms with Crippen LogP contribution in [0.4, 0.5) is 18.9 Å². The summed E-state index contributed by atoms with van der Waals surface area (Å²) in [4.78, 5) is 27.5. The highest BCUT2D eigenvalue weighted by Crippen LogP contribution is 2.36. The first kappa shape index (κ1) is 20.5. The van der Waals surface area contributed by atoms with Gasteiger partial charge >= 0.3 is 6.18 Å². The smallest absolute Gasteiger partial charge is 0.341 e. The Bertz CT molecular complexity index is 667. The first-order chi connectivity index (χ1) is 12.2. The molecule has 144 valence electrons. The third kappa shape index (κ3) is 5.60. The molecule has 0 aromatic heterocycles. The van der Waals surface area contributed by atoms with Crippen molar-refractivity contribution >= 4 is 29.1 Å². The molecule has 1 heterocycles. The number of benzene rings is 1. The van der Waals surface area contributed by atoms with Crippen LogP contribution in [0.25, 0.3) is 0 Å². The van der Waals surface area contributed by atoms with Gasteiger partial charge in [0.1, 0.15) is 0 Å². The molecule has 5 nitrogen and oxygen atoms in total. The second kappa shape index (κ2) is 8.73. The van der Waals surface area contributed by atoms with E-state index in [4.69, 9.17) is 11.6 Å². The lowest BCUT2D eigenvalue weighted by molar-refractivity contribution is -0.137. The van der Waals surface area contributed by atoms with Crippen molar-refractivity contribution in [2.75, 3.05) is 38.0 Å². The number of halogens is 4. The Morgan fingerprint density at radius 1 is 1.19 bits per heavy atom. The number of alkyl halides is 3. The largest absolute Gasteiger partial charge is 0.418 e. The normalized spacial score (nSPS) is 16.3. The lowest BCUT2D eigenvalue weighted by atomic mass is 10.1. The van der Waals surface area contributed by atoms with Gasteiger partial charge in [-0.15, -0.1) is 0 Å². The first-order valence-corrected chi connectivity index (χ1v) is 8.75. The van der Waals surface area contributed by atoms with Gasteiger partial charge in [0.2, 0.25) is 11.8 Å². The van der Waals surface area contributed by atoms with E-state index in [1.807, 2.05) is 4.90 Å². The van der Waals surface area contributed by atoms with E-state index < -0.39 is 17.6 Å². The van der Waals surface area contributed by atoms with Gasteiger partial charge in [-0.25, -0.2) is 0 Å². The van der Waals surface area contributed by atoms with Gasteiger partial charge in [0.15, 0.2) is 0 Å². The van der Waals surface area contributed by atoms with Crippen LogP contribution in [0, 0.1) is 0 Å². The van der Waals surface area contributed by atoms with Crippen molar-refractivity contribution in [1.29, 1.82) is 0 Å². The van der Waals surface area contributed by atoms with Crippen LogP contribution < -0.4 is 5.32 Å². The van der Waals surface area contributed by atoms with E-state index in [-0.39, 0.29) is 23.2 Å². The molecule has 26 heavy (non-hydrogen) atoms. The highest BCUT2D eigenvalue weighted by Gasteiger charge is 2.34. The number of amides is 2. The minimum Gasteiger partial charge on any atom is -0.341 e. The fourth-order valence-electron chi connectivity index (χ4n) is 2.85. The number of nitrogens with zero attached hydrogens (tertiary/aromatic N) is 2.